The normalized spacial score (nSPS) is 14.7. The third-order valence-corrected chi connectivity index (χ3v) is 5.07. The van der Waals surface area contributed by atoms with Gasteiger partial charge in [0.05, 0.1) is 5.60 Å². The maximum atomic E-state index is 11.9. The van der Waals surface area contributed by atoms with Crippen LogP contribution in [0.1, 0.15) is 91.4 Å². The van der Waals surface area contributed by atoms with Gasteiger partial charge in [-0.1, -0.05) is 114 Å². The largest absolute Gasteiger partial charge is 0.388 e. The quantitative estimate of drug-likeness (QED) is 0.144. The highest BCUT2D eigenvalue weighted by atomic mass is 16.3. The van der Waals surface area contributed by atoms with Crippen LogP contribution in [0.25, 0.3) is 0 Å². The van der Waals surface area contributed by atoms with Gasteiger partial charge in [-0.3, -0.25) is 4.79 Å². The van der Waals surface area contributed by atoms with Gasteiger partial charge in [-0.25, -0.2) is 0 Å². The van der Waals surface area contributed by atoms with Crippen molar-refractivity contribution in [2.24, 2.45) is 0 Å². The molecule has 0 saturated carbocycles. The molecule has 2 N–H and O–H groups in total. The van der Waals surface area contributed by atoms with Gasteiger partial charge in [0.25, 0.3) is 0 Å². The average Bonchev–Trinajstić information content (AvgIpc) is 2.75. The highest BCUT2D eigenvalue weighted by molar-refractivity contribution is 5.87. The third-order valence-electron chi connectivity index (χ3n) is 5.07. The van der Waals surface area contributed by atoms with Crippen molar-refractivity contribution in [3.8, 4) is 0 Å². The number of aliphatic hydroxyl groups is 1. The molecular weight excluding hydrogens is 370 g/mol. The predicted octanol–water partition coefficient (Wildman–Crippen LogP) is 6.97. The van der Waals surface area contributed by atoms with Crippen LogP contribution in [-0.2, 0) is 4.79 Å². The van der Waals surface area contributed by atoms with Gasteiger partial charge in [0.15, 0.2) is 0 Å². The van der Waals surface area contributed by atoms with Crippen molar-refractivity contribution in [1.29, 1.82) is 0 Å². The molecule has 30 heavy (non-hydrogen) atoms. The van der Waals surface area contributed by atoms with Crippen molar-refractivity contribution < 1.29 is 9.90 Å². The second-order valence-corrected chi connectivity index (χ2v) is 7.85. The Bertz CT molecular complexity index is 557. The molecule has 170 valence electrons. The lowest BCUT2D eigenvalue weighted by Crippen LogP contribution is -2.42. The van der Waals surface area contributed by atoms with E-state index in [0.717, 1.165) is 38.5 Å². The van der Waals surface area contributed by atoms with Gasteiger partial charge in [0, 0.05) is 6.54 Å². The minimum absolute atomic E-state index is 0.128. The molecule has 3 nitrogen and oxygen atoms in total. The Hall–Kier alpha value is -1.87. The molecule has 0 fully saturated rings. The van der Waals surface area contributed by atoms with E-state index in [1.54, 1.807) is 6.08 Å². The Kier molecular flexibility index (Phi) is 19.1. The Morgan fingerprint density at radius 3 is 2.00 bits per heavy atom. The van der Waals surface area contributed by atoms with Crippen molar-refractivity contribution in [3.05, 3.63) is 60.8 Å². The van der Waals surface area contributed by atoms with E-state index in [2.05, 4.69) is 37.4 Å². The fourth-order valence-electron chi connectivity index (χ4n) is 2.89. The van der Waals surface area contributed by atoms with Crippen molar-refractivity contribution in [2.45, 2.75) is 97.0 Å². The summed E-state index contributed by atoms with van der Waals surface area (Å²) in [5.74, 6) is -0.128. The summed E-state index contributed by atoms with van der Waals surface area (Å²) >= 11 is 0. The van der Waals surface area contributed by atoms with Crippen molar-refractivity contribution in [1.82, 2.24) is 5.32 Å². The van der Waals surface area contributed by atoms with E-state index >= 15 is 0 Å². The van der Waals surface area contributed by atoms with Gasteiger partial charge in [-0.15, -0.1) is 0 Å². The number of unbranched alkanes of at least 4 members (excludes halogenated alkanes) is 6. The number of carbonyl (C=O) groups is 1. The minimum atomic E-state index is -0.786. The first-order valence-corrected chi connectivity index (χ1v) is 11.9. The Labute approximate surface area is 185 Å². The van der Waals surface area contributed by atoms with Crippen molar-refractivity contribution in [2.75, 3.05) is 6.54 Å². The van der Waals surface area contributed by atoms with Crippen LogP contribution in [0.4, 0.5) is 0 Å². The van der Waals surface area contributed by atoms with Gasteiger partial charge >= 0.3 is 0 Å². The van der Waals surface area contributed by atoms with E-state index in [0.29, 0.717) is 13.0 Å². The van der Waals surface area contributed by atoms with E-state index in [9.17, 15) is 9.90 Å². The van der Waals surface area contributed by atoms with Gasteiger partial charge < -0.3 is 10.4 Å². The molecule has 0 saturated heterocycles. The van der Waals surface area contributed by atoms with Crippen LogP contribution >= 0.6 is 0 Å². The van der Waals surface area contributed by atoms with Crippen molar-refractivity contribution >= 4 is 5.91 Å². The molecule has 0 spiro atoms. The highest BCUT2D eigenvalue weighted by Gasteiger charge is 2.24. The summed E-state index contributed by atoms with van der Waals surface area (Å²) in [6, 6.07) is 0. The summed E-state index contributed by atoms with van der Waals surface area (Å²) in [5.41, 5.74) is -0.786. The molecule has 3 heteroatoms. The zero-order valence-electron chi connectivity index (χ0n) is 19.6. The molecule has 1 atom stereocenters. The summed E-state index contributed by atoms with van der Waals surface area (Å²) in [6.45, 7) is 6.68. The smallest absolute Gasteiger partial charge is 0.243 e. The molecule has 0 aromatic heterocycles. The summed E-state index contributed by atoms with van der Waals surface area (Å²) in [7, 11) is 0. The summed E-state index contributed by atoms with van der Waals surface area (Å²) in [6.07, 6.45) is 31.3. The second kappa shape index (κ2) is 20.4. The lowest BCUT2D eigenvalue weighted by atomic mass is 9.93. The summed E-state index contributed by atoms with van der Waals surface area (Å²) in [5, 5.41) is 13.4. The van der Waals surface area contributed by atoms with E-state index in [-0.39, 0.29) is 5.91 Å². The van der Waals surface area contributed by atoms with Gasteiger partial charge in [0.1, 0.15) is 0 Å². The molecule has 0 aromatic carbocycles. The number of hydrogen-bond acceptors (Lipinski definition) is 2. The minimum Gasteiger partial charge on any atom is -0.388 e. The lowest BCUT2D eigenvalue weighted by Gasteiger charge is -2.27. The van der Waals surface area contributed by atoms with Crippen LogP contribution in [0.15, 0.2) is 60.8 Å². The molecule has 1 amide bonds. The first-order valence-electron chi connectivity index (χ1n) is 11.9. The summed E-state index contributed by atoms with van der Waals surface area (Å²) < 4.78 is 0. The monoisotopic (exact) mass is 415 g/mol. The molecule has 0 rings (SSSR count). The molecule has 0 aliphatic heterocycles. The number of hydrogen-bond donors (Lipinski definition) is 2. The van der Waals surface area contributed by atoms with Crippen LogP contribution in [0.3, 0.4) is 0 Å². The van der Waals surface area contributed by atoms with E-state index in [4.69, 9.17) is 0 Å². The molecule has 0 aliphatic rings. The fraction of sp³-hybridized carbons (Fsp3) is 0.593. The van der Waals surface area contributed by atoms with E-state index < -0.39 is 5.60 Å². The van der Waals surface area contributed by atoms with E-state index in [1.807, 2.05) is 43.4 Å². The van der Waals surface area contributed by atoms with Crippen molar-refractivity contribution in [3.63, 3.8) is 0 Å². The third kappa shape index (κ3) is 18.2. The first-order chi connectivity index (χ1) is 14.6. The van der Waals surface area contributed by atoms with Gasteiger partial charge in [-0.05, 0) is 38.2 Å². The standard InChI is InChI=1S/C27H45NO2/c1-4-7-9-11-12-13-14-15-16-17-18-19-20-21-23-26(29)28-25-27(30,6-3)24-22-10-8-5-2/h11-18,21,23,30H,4-10,19-20,22,24-25H2,1-3H3,(H,28,29). The lowest BCUT2D eigenvalue weighted by molar-refractivity contribution is -0.117. The van der Waals surface area contributed by atoms with E-state index in [1.165, 1.54) is 25.7 Å². The number of carbonyl (C=O) groups excluding carboxylic acids is 1. The number of rotatable bonds is 18. The maximum absolute atomic E-state index is 11.9. The molecule has 0 aliphatic carbocycles. The highest BCUT2D eigenvalue weighted by Crippen LogP contribution is 2.18. The number of amides is 1. The van der Waals surface area contributed by atoms with Crippen LogP contribution < -0.4 is 5.32 Å². The maximum Gasteiger partial charge on any atom is 0.243 e. The zero-order valence-corrected chi connectivity index (χ0v) is 19.6. The van der Waals surface area contributed by atoms with Crippen LogP contribution in [0, 0.1) is 0 Å². The van der Waals surface area contributed by atoms with Gasteiger partial charge in [-0.2, -0.15) is 0 Å². The fourth-order valence-corrected chi connectivity index (χ4v) is 2.89. The zero-order chi connectivity index (χ0) is 22.3. The molecule has 0 heterocycles. The topological polar surface area (TPSA) is 49.3 Å². The van der Waals surface area contributed by atoms with Crippen LogP contribution in [0.2, 0.25) is 0 Å². The number of allylic oxidation sites excluding steroid dienone is 9. The summed E-state index contributed by atoms with van der Waals surface area (Å²) in [4.78, 5) is 11.9. The average molecular weight is 416 g/mol. The van der Waals surface area contributed by atoms with Crippen LogP contribution in [-0.4, -0.2) is 23.2 Å². The Morgan fingerprint density at radius 1 is 0.767 bits per heavy atom. The second-order valence-electron chi connectivity index (χ2n) is 7.85. The molecule has 0 radical (unpaired) electrons. The van der Waals surface area contributed by atoms with Gasteiger partial charge in [0.2, 0.25) is 5.91 Å². The molecule has 0 bridgehead atoms. The first kappa shape index (κ1) is 28.1. The molecular formula is C27H45NO2. The number of nitrogens with one attached hydrogen (secondary N) is 1. The Morgan fingerprint density at radius 2 is 1.37 bits per heavy atom. The van der Waals surface area contributed by atoms with Crippen LogP contribution in [0.5, 0.6) is 0 Å². The molecule has 1 unspecified atom stereocenters. The molecule has 0 aromatic rings. The Balaban J connectivity index is 3.94. The predicted molar refractivity (Wildman–Crippen MR) is 131 cm³/mol. The SMILES string of the molecule is CCCCC=CC=CC=CC=CCCC=CC(=O)NCC(O)(CC)CCCCCC.